The molecule has 7 nitrogen and oxygen atoms in total. The molecular weight excluding hydrogens is 276 g/mol. The number of carbonyl (C=O) groups excluding carboxylic acids is 1. The van der Waals surface area contributed by atoms with Crippen molar-refractivity contribution in [3.05, 3.63) is 29.6 Å². The van der Waals surface area contributed by atoms with Gasteiger partial charge in [0, 0.05) is 13.1 Å². The van der Waals surface area contributed by atoms with E-state index in [0.29, 0.717) is 32.5 Å². The van der Waals surface area contributed by atoms with E-state index in [2.05, 4.69) is 4.98 Å². The van der Waals surface area contributed by atoms with Gasteiger partial charge in [-0.25, -0.2) is 9.78 Å². The van der Waals surface area contributed by atoms with Crippen LogP contribution in [-0.2, 0) is 4.74 Å². The van der Waals surface area contributed by atoms with Crippen LogP contribution in [0.4, 0.5) is 0 Å². The summed E-state index contributed by atoms with van der Waals surface area (Å²) in [5.41, 5.74) is 0.00615. The minimum Gasteiger partial charge on any atom is -0.477 e. The number of aliphatic hydroxyl groups is 1. The summed E-state index contributed by atoms with van der Waals surface area (Å²) in [6.45, 7) is 1.37. The quantitative estimate of drug-likeness (QED) is 0.815. The van der Waals surface area contributed by atoms with Gasteiger partial charge in [-0.2, -0.15) is 0 Å². The number of hydrogen-bond acceptors (Lipinski definition) is 5. The van der Waals surface area contributed by atoms with Crippen LogP contribution in [0.1, 0.15) is 33.8 Å². The van der Waals surface area contributed by atoms with Gasteiger partial charge in [0.05, 0.1) is 19.3 Å². The number of rotatable bonds is 5. The van der Waals surface area contributed by atoms with E-state index in [0.717, 1.165) is 0 Å². The molecule has 1 aliphatic rings. The second kappa shape index (κ2) is 7.14. The maximum absolute atomic E-state index is 12.3. The molecule has 1 aromatic rings. The van der Waals surface area contributed by atoms with Gasteiger partial charge in [-0.1, -0.05) is 6.07 Å². The highest BCUT2D eigenvalue weighted by molar-refractivity contribution is 5.94. The first-order valence-electron chi connectivity index (χ1n) is 6.84. The Hall–Kier alpha value is -1.99. The molecule has 0 aromatic carbocycles. The van der Waals surface area contributed by atoms with Crippen LogP contribution in [0.3, 0.4) is 0 Å². The Morgan fingerprint density at radius 3 is 2.57 bits per heavy atom. The smallest absolute Gasteiger partial charge is 0.354 e. The number of pyridine rings is 1. The third-order valence-corrected chi connectivity index (χ3v) is 3.36. The lowest BCUT2D eigenvalue weighted by molar-refractivity contribution is -0.00564. The lowest BCUT2D eigenvalue weighted by Crippen LogP contribution is -2.41. The lowest BCUT2D eigenvalue weighted by Gasteiger charge is -2.31. The van der Waals surface area contributed by atoms with Crippen molar-refractivity contribution in [2.45, 2.75) is 18.9 Å². The average Bonchev–Trinajstić information content (AvgIpc) is 2.53. The molecule has 1 fully saturated rings. The van der Waals surface area contributed by atoms with Crippen molar-refractivity contribution in [2.24, 2.45) is 0 Å². The summed E-state index contributed by atoms with van der Waals surface area (Å²) in [6, 6.07) is 4.39. The van der Waals surface area contributed by atoms with Crippen LogP contribution in [0.5, 0.6) is 0 Å². The summed E-state index contributed by atoms with van der Waals surface area (Å²) in [7, 11) is 0. The zero-order valence-corrected chi connectivity index (χ0v) is 11.6. The fourth-order valence-corrected chi connectivity index (χ4v) is 2.28. The highest BCUT2D eigenvalue weighted by Crippen LogP contribution is 2.16. The summed E-state index contributed by atoms with van der Waals surface area (Å²) >= 11 is 0. The molecule has 114 valence electrons. The van der Waals surface area contributed by atoms with Crippen molar-refractivity contribution < 1.29 is 24.5 Å². The number of aromatic nitrogens is 1. The van der Waals surface area contributed by atoms with E-state index in [1.807, 2.05) is 0 Å². The number of carboxylic acids is 1. The zero-order valence-electron chi connectivity index (χ0n) is 11.6. The molecule has 0 saturated carbocycles. The van der Waals surface area contributed by atoms with Crippen molar-refractivity contribution in [1.82, 2.24) is 9.88 Å². The molecule has 2 heterocycles. The van der Waals surface area contributed by atoms with Crippen LogP contribution in [0.2, 0.25) is 0 Å². The summed E-state index contributed by atoms with van der Waals surface area (Å²) in [4.78, 5) is 28.7. The minimum atomic E-state index is -1.15. The third-order valence-electron chi connectivity index (χ3n) is 3.36. The van der Waals surface area contributed by atoms with E-state index in [-0.39, 0.29) is 30.0 Å². The maximum Gasteiger partial charge on any atom is 0.354 e. The second-order valence-corrected chi connectivity index (χ2v) is 4.80. The average molecular weight is 294 g/mol. The van der Waals surface area contributed by atoms with E-state index < -0.39 is 5.97 Å². The summed E-state index contributed by atoms with van der Waals surface area (Å²) < 4.78 is 5.44. The Balaban J connectivity index is 1.95. The highest BCUT2D eigenvalue weighted by atomic mass is 16.5. The lowest BCUT2D eigenvalue weighted by atomic mass is 10.1. The minimum absolute atomic E-state index is 0.00888. The predicted molar refractivity (Wildman–Crippen MR) is 73.2 cm³/mol. The Labute approximate surface area is 122 Å². The van der Waals surface area contributed by atoms with E-state index in [1.165, 1.54) is 18.2 Å². The fourth-order valence-electron chi connectivity index (χ4n) is 2.28. The van der Waals surface area contributed by atoms with Crippen LogP contribution in [0.25, 0.3) is 0 Å². The van der Waals surface area contributed by atoms with E-state index >= 15 is 0 Å². The molecular formula is C14H18N2O5. The van der Waals surface area contributed by atoms with Crippen molar-refractivity contribution in [3.63, 3.8) is 0 Å². The Kier molecular flexibility index (Phi) is 5.24. The van der Waals surface area contributed by atoms with E-state index in [4.69, 9.17) is 14.9 Å². The van der Waals surface area contributed by atoms with Gasteiger partial charge in [0.15, 0.2) is 0 Å². The van der Waals surface area contributed by atoms with Gasteiger partial charge in [-0.3, -0.25) is 4.79 Å². The second-order valence-electron chi connectivity index (χ2n) is 4.80. The molecule has 0 atom stereocenters. The molecule has 7 heteroatoms. The summed E-state index contributed by atoms with van der Waals surface area (Å²) in [5.74, 6) is -1.42. The number of likely N-dealkylation sites (tertiary alicyclic amines) is 1. The summed E-state index contributed by atoms with van der Waals surface area (Å²) in [6.07, 6.45) is 1.45. The van der Waals surface area contributed by atoms with Crippen molar-refractivity contribution in [2.75, 3.05) is 26.3 Å². The molecule has 1 aliphatic heterocycles. The van der Waals surface area contributed by atoms with Crippen molar-refractivity contribution >= 4 is 11.9 Å². The van der Waals surface area contributed by atoms with Crippen LogP contribution in [0, 0.1) is 0 Å². The number of ether oxygens (including phenoxy) is 1. The van der Waals surface area contributed by atoms with Crippen LogP contribution in [-0.4, -0.2) is 64.4 Å². The van der Waals surface area contributed by atoms with Gasteiger partial charge in [-0.15, -0.1) is 0 Å². The molecule has 2 N–H and O–H groups in total. The van der Waals surface area contributed by atoms with Gasteiger partial charge in [0.1, 0.15) is 11.4 Å². The normalized spacial score (nSPS) is 16.0. The van der Waals surface area contributed by atoms with Crippen LogP contribution in [0.15, 0.2) is 18.2 Å². The molecule has 1 aromatic heterocycles. The number of hydrogen-bond donors (Lipinski definition) is 2. The maximum atomic E-state index is 12.3. The van der Waals surface area contributed by atoms with Gasteiger partial charge in [0.2, 0.25) is 0 Å². The molecule has 2 rings (SSSR count). The number of aromatic carboxylic acids is 1. The molecule has 0 aliphatic carbocycles. The predicted octanol–water partition coefficient (Wildman–Crippen LogP) is 0.393. The standard InChI is InChI=1S/C14H18N2O5/c17-8-9-21-10-4-6-16(7-5-10)13(18)11-2-1-3-12(15-11)14(19)20/h1-3,10,17H,4-9H2,(H,19,20). The van der Waals surface area contributed by atoms with Crippen LogP contribution >= 0.6 is 0 Å². The first-order valence-corrected chi connectivity index (χ1v) is 6.84. The van der Waals surface area contributed by atoms with Gasteiger partial charge >= 0.3 is 5.97 Å². The Bertz CT molecular complexity index is 512. The van der Waals surface area contributed by atoms with Crippen molar-refractivity contribution in [3.8, 4) is 0 Å². The zero-order chi connectivity index (χ0) is 15.2. The monoisotopic (exact) mass is 294 g/mol. The SMILES string of the molecule is O=C(O)c1cccc(C(=O)N2CCC(OCCO)CC2)n1. The van der Waals surface area contributed by atoms with E-state index in [9.17, 15) is 9.59 Å². The highest BCUT2D eigenvalue weighted by Gasteiger charge is 2.25. The Morgan fingerprint density at radius 1 is 1.29 bits per heavy atom. The van der Waals surface area contributed by atoms with Gasteiger partial charge in [-0.05, 0) is 25.0 Å². The molecule has 0 unspecified atom stereocenters. The first-order chi connectivity index (χ1) is 10.1. The molecule has 0 spiro atoms. The topological polar surface area (TPSA) is 100.0 Å². The Morgan fingerprint density at radius 2 is 1.95 bits per heavy atom. The van der Waals surface area contributed by atoms with Crippen molar-refractivity contribution in [1.29, 1.82) is 0 Å². The number of carboxylic acid groups (broad SMARTS) is 1. The third kappa shape index (κ3) is 3.99. The number of piperidine rings is 1. The van der Waals surface area contributed by atoms with Crippen LogP contribution < -0.4 is 0 Å². The van der Waals surface area contributed by atoms with Gasteiger partial charge in [0.25, 0.3) is 5.91 Å². The molecule has 1 saturated heterocycles. The number of aliphatic hydroxyl groups excluding tert-OH is 1. The molecule has 0 radical (unpaired) electrons. The molecule has 0 bridgehead atoms. The largest absolute Gasteiger partial charge is 0.477 e. The molecule has 1 amide bonds. The van der Waals surface area contributed by atoms with E-state index in [1.54, 1.807) is 4.90 Å². The number of carbonyl (C=O) groups is 2. The number of nitrogens with zero attached hydrogens (tertiary/aromatic N) is 2. The number of amides is 1. The fraction of sp³-hybridized carbons (Fsp3) is 0.500. The van der Waals surface area contributed by atoms with Gasteiger partial charge < -0.3 is 19.8 Å². The summed E-state index contributed by atoms with van der Waals surface area (Å²) in [5, 5.41) is 17.6. The first kappa shape index (κ1) is 15.4. The molecule has 21 heavy (non-hydrogen) atoms.